The first-order valence-corrected chi connectivity index (χ1v) is 48.2. The fraction of sp³-hybridized carbons (Fsp3) is 1.00. The first kappa shape index (κ1) is 144. The smallest absolute Gasteiger partial charge is 0.0832 e. The Labute approximate surface area is 758 Å². The lowest BCUT2D eigenvalue weighted by Crippen LogP contribution is -2.38. The molecule has 0 aliphatic carbocycles. The summed E-state index contributed by atoms with van der Waals surface area (Å²) in [5, 5.41) is 192. The van der Waals surface area contributed by atoms with Gasteiger partial charge in [-0.3, -0.25) is 0 Å². The van der Waals surface area contributed by atoms with Gasteiger partial charge in [-0.15, -0.1) is 0 Å². The van der Waals surface area contributed by atoms with Gasteiger partial charge < -0.3 is 102 Å². The van der Waals surface area contributed by atoms with Crippen LogP contribution in [0.15, 0.2) is 0 Å². The van der Waals surface area contributed by atoms with Gasteiger partial charge in [0, 0.05) is 0 Å². The van der Waals surface area contributed by atoms with Crippen LogP contribution in [0.2, 0.25) is 0 Å². The summed E-state index contributed by atoms with van der Waals surface area (Å²) in [4.78, 5) is 0. The maximum atomic E-state index is 9.87. The molecule has 20 N–H and O–H groups in total. The number of rotatable bonds is 44. The Morgan fingerprint density at radius 3 is 0.311 bits per heavy atom. The molecule has 0 saturated heterocycles. The van der Waals surface area contributed by atoms with Crippen LogP contribution < -0.4 is 0 Å². The summed E-state index contributed by atoms with van der Waals surface area (Å²) in [6.45, 7) is 93.8. The fourth-order valence-corrected chi connectivity index (χ4v) is 13.5. The van der Waals surface area contributed by atoms with E-state index in [0.29, 0.717) is 78.4 Å². The highest BCUT2D eigenvalue weighted by atomic mass is 16.4. The summed E-state index contributed by atoms with van der Waals surface area (Å²) in [6, 6.07) is 0. The van der Waals surface area contributed by atoms with E-state index in [0.717, 1.165) is 25.7 Å². The van der Waals surface area contributed by atoms with E-state index in [4.69, 9.17) is 0 Å². The zero-order valence-corrected chi connectivity index (χ0v) is 88.0. The molecule has 0 amide bonds. The predicted octanol–water partition coefficient (Wildman–Crippen LogP) is 18.0. The quantitative estimate of drug-likeness (QED) is 0.0269. The van der Waals surface area contributed by atoms with Crippen LogP contribution in [-0.2, 0) is 0 Å². The average Bonchev–Trinajstić information content (AvgIpc) is 0.885. The van der Waals surface area contributed by atoms with Gasteiger partial charge in [0.1, 0.15) is 0 Å². The average molecular weight is 1770 g/mol. The first-order valence-electron chi connectivity index (χ1n) is 48.2. The van der Waals surface area contributed by atoms with Gasteiger partial charge in [0.25, 0.3) is 0 Å². The third-order valence-electron chi connectivity index (χ3n) is 24.4. The molecular formula is C102H226O20. The van der Waals surface area contributed by atoms with Gasteiger partial charge in [-0.05, 0) is 179 Å². The number of aliphatic hydroxyl groups is 20. The second-order valence-electron chi connectivity index (χ2n) is 42.9. The van der Waals surface area contributed by atoms with Crippen LogP contribution in [0.4, 0.5) is 0 Å². The Balaban J connectivity index is -0.000000125. The molecule has 0 saturated carbocycles. The minimum absolute atomic E-state index is 0. The minimum Gasteiger partial charge on any atom is -0.390 e. The molecule has 754 valence electrons. The molecule has 122 heavy (non-hydrogen) atoms. The third kappa shape index (κ3) is 69.1. The van der Waals surface area contributed by atoms with Crippen molar-refractivity contribution in [2.45, 2.75) is 500 Å². The van der Waals surface area contributed by atoms with Crippen LogP contribution in [0.1, 0.15) is 378 Å². The van der Waals surface area contributed by atoms with E-state index >= 15 is 0 Å². The highest BCUT2D eigenvalue weighted by Gasteiger charge is 2.35. The molecule has 0 rings (SSSR count). The Hall–Kier alpha value is -0.800. The summed E-state index contributed by atoms with van der Waals surface area (Å²) in [5.41, 5.74) is 0. The largest absolute Gasteiger partial charge is 0.390 e. The van der Waals surface area contributed by atoms with Gasteiger partial charge in [-0.25, -0.2) is 0 Å². The number of hydrogen-bond acceptors (Lipinski definition) is 20. The van der Waals surface area contributed by atoms with Crippen LogP contribution in [0.5, 0.6) is 0 Å². The first-order chi connectivity index (χ1) is 54.6. The zero-order valence-electron chi connectivity index (χ0n) is 88.0. The van der Waals surface area contributed by atoms with E-state index in [1.807, 2.05) is 201 Å². The molecule has 20 heteroatoms. The van der Waals surface area contributed by atoms with Gasteiger partial charge in [0.05, 0.1) is 122 Å². The Kier molecular flexibility index (Phi) is 93.2. The van der Waals surface area contributed by atoms with Crippen molar-refractivity contribution in [1.82, 2.24) is 0 Å². The minimum atomic E-state index is -0.595. The van der Waals surface area contributed by atoms with Crippen LogP contribution in [0, 0.1) is 160 Å². The van der Waals surface area contributed by atoms with Crippen molar-refractivity contribution >= 4 is 0 Å². The van der Waals surface area contributed by atoms with Crippen LogP contribution in [-0.4, -0.2) is 224 Å². The van der Waals surface area contributed by atoms with Gasteiger partial charge in [-0.2, -0.15) is 0 Å². The molecule has 0 aromatic heterocycles. The standard InChI is InChI=1S/4C11H24O2.3C10H22O2.3C9H20O2.CH4/c4*1-6-9(7(2)3)11(13)10(12)8(4)5;3*1-6(2)8(5)10(12)9(11)7(3)4;3*1-6(2)5-8(10)9(11)7(3)4;/h4*7-13H,6H2,1-5H3;3*6-12H,1-5H3;3*6-11H,5H2,1-4H3;1H4/t9?,10-,11-;9-,10?,11?;9-,10+,11+;;2*8?,9-,10-;;8-,9-;;;/m011.00.0.../s1. The monoisotopic (exact) mass is 1770 g/mol. The molecule has 0 aromatic rings. The normalized spacial score (nSPS) is 18.7. The van der Waals surface area contributed by atoms with E-state index < -0.39 is 122 Å². The second-order valence-corrected chi connectivity index (χ2v) is 42.9. The highest BCUT2D eigenvalue weighted by Crippen LogP contribution is 2.30. The lowest BCUT2D eigenvalue weighted by atomic mass is 9.83. The summed E-state index contributed by atoms with van der Waals surface area (Å²) >= 11 is 0. The highest BCUT2D eigenvalue weighted by molar-refractivity contribution is 4.85. The molecule has 0 spiro atoms. The van der Waals surface area contributed by atoms with Gasteiger partial charge in [-0.1, -0.05) is 359 Å². The van der Waals surface area contributed by atoms with E-state index in [1.54, 1.807) is 0 Å². The Morgan fingerprint density at radius 2 is 0.238 bits per heavy atom. The van der Waals surface area contributed by atoms with E-state index in [1.165, 1.54) is 0 Å². The molecule has 0 aromatic carbocycles. The lowest BCUT2D eigenvalue weighted by Gasteiger charge is -2.30. The van der Waals surface area contributed by atoms with Crippen LogP contribution in [0.3, 0.4) is 0 Å². The van der Waals surface area contributed by atoms with Crippen molar-refractivity contribution < 1.29 is 102 Å². The molecule has 0 aliphatic heterocycles. The summed E-state index contributed by atoms with van der Waals surface area (Å²) in [6.07, 6.45) is -5.92. The molecule has 0 bridgehead atoms. The fourth-order valence-electron chi connectivity index (χ4n) is 13.5. The van der Waals surface area contributed by atoms with Crippen LogP contribution in [0.25, 0.3) is 0 Å². The predicted molar refractivity (Wildman–Crippen MR) is 520 cm³/mol. The molecule has 0 heterocycles. The maximum absolute atomic E-state index is 9.87. The van der Waals surface area contributed by atoms with Crippen molar-refractivity contribution in [3.05, 3.63) is 0 Å². The van der Waals surface area contributed by atoms with E-state index in [9.17, 15) is 102 Å². The Morgan fingerprint density at radius 1 is 0.131 bits per heavy atom. The SMILES string of the molecule is C.CC(C)C(C)C(O)C(O)C(C)C.CC(C)C(C)[C@H](O)[C@@H](O)C(C)C.CC(C)C(C)[C@H](O)[C@@H](O)C(C)C.CC(C)CC(O)C(O)C(C)C.CC(C)CC(O)C(O)C(C)C.CC(C)C[C@H](O)[C@@H](O)C(C)C.CCC(C(C)C)C(O)C(O)C(C)C.CCC(C(C)C)[C@H](O)[C@@H](O)C(C)C.CC[C@H](C(C)C)C(O)C(O)C(C)C.CC[C@H](C(C)C)[C@H](O)[C@@H](O)C(C)C. The number of hydrogen-bond donors (Lipinski definition) is 20. The van der Waals surface area contributed by atoms with Crippen molar-refractivity contribution in [2.24, 2.45) is 160 Å². The third-order valence-corrected chi connectivity index (χ3v) is 24.4. The Bertz CT molecular complexity index is 1870. The topological polar surface area (TPSA) is 405 Å². The lowest BCUT2D eigenvalue weighted by molar-refractivity contribution is -0.0519. The molecule has 0 aliphatic rings. The second kappa shape index (κ2) is 78.8. The van der Waals surface area contributed by atoms with Gasteiger partial charge in [0.15, 0.2) is 0 Å². The van der Waals surface area contributed by atoms with Crippen molar-refractivity contribution in [1.29, 1.82) is 0 Å². The maximum Gasteiger partial charge on any atom is 0.0832 e. The van der Waals surface area contributed by atoms with Crippen molar-refractivity contribution in [3.63, 3.8) is 0 Å². The van der Waals surface area contributed by atoms with Crippen molar-refractivity contribution in [2.75, 3.05) is 0 Å². The molecule has 0 fully saturated rings. The zero-order chi connectivity index (χ0) is 99.1. The number of aliphatic hydroxyl groups excluding tert-OH is 20. The molecule has 27 atom stereocenters. The molecule has 0 radical (unpaired) electrons. The van der Waals surface area contributed by atoms with Crippen LogP contribution >= 0.6 is 0 Å². The summed E-state index contributed by atoms with van der Waals surface area (Å²) < 4.78 is 0. The van der Waals surface area contributed by atoms with E-state index in [2.05, 4.69) is 125 Å². The van der Waals surface area contributed by atoms with Gasteiger partial charge in [0.2, 0.25) is 0 Å². The van der Waals surface area contributed by atoms with Crippen molar-refractivity contribution in [3.8, 4) is 0 Å². The van der Waals surface area contributed by atoms with Gasteiger partial charge >= 0.3 is 0 Å². The summed E-state index contributed by atoms with van der Waals surface area (Å²) in [5.74, 6) is 6.86. The van der Waals surface area contributed by atoms with E-state index in [-0.39, 0.29) is 108 Å². The molecule has 20 nitrogen and oxygen atoms in total. The summed E-state index contributed by atoms with van der Waals surface area (Å²) in [7, 11) is 0. The molecule has 15 unspecified atom stereocenters. The molecular weight excluding hydrogens is 1550 g/mol.